The highest BCUT2D eigenvalue weighted by molar-refractivity contribution is 7.84. The summed E-state index contributed by atoms with van der Waals surface area (Å²) in [6.45, 7) is -0.0815. The number of carbonyl (C=O) groups is 1. The molecule has 0 amide bonds. The van der Waals surface area contributed by atoms with Gasteiger partial charge in [0.05, 0.1) is 29.3 Å². The van der Waals surface area contributed by atoms with E-state index < -0.39 is 52.7 Å². The van der Waals surface area contributed by atoms with Gasteiger partial charge >= 0.3 is 10.3 Å². The molecule has 0 spiro atoms. The molecule has 11 nitrogen and oxygen atoms in total. The zero-order chi connectivity index (χ0) is 28.6. The molecule has 1 saturated carbocycles. The Bertz CT molecular complexity index is 1680. The Balaban J connectivity index is 1.42. The monoisotopic (exact) mass is 589 g/mol. The fourth-order valence-electron chi connectivity index (χ4n) is 4.94. The summed E-state index contributed by atoms with van der Waals surface area (Å²) >= 11 is 5.95. The standard InChI is InChI=1S/C26H25ClFN5O6S/c27-19-7-14(5-6-20(19)28)10-33-11-18(16-3-1-2-4-22(16)33)24(35)17-9-30-13-31-26(17)32-21-8-15(23(34)25(21)36)12-39-40(29,37)38/h1-7,9,11,13,15,21,23,25,34,36H,8,10,12H2,(H2,29,37,38)(H,30,31,32)/t15-,21-,23-,25+/m1/s1. The summed E-state index contributed by atoms with van der Waals surface area (Å²) in [6.07, 6.45) is 1.81. The third-order valence-corrected chi connectivity index (χ3v) is 7.65. The second kappa shape index (κ2) is 11.2. The van der Waals surface area contributed by atoms with Crippen LogP contribution in [0.5, 0.6) is 0 Å². The number of nitrogens with zero attached hydrogens (tertiary/aromatic N) is 3. The number of hydrogen-bond donors (Lipinski definition) is 4. The van der Waals surface area contributed by atoms with E-state index in [2.05, 4.69) is 19.5 Å². The summed E-state index contributed by atoms with van der Waals surface area (Å²) in [4.78, 5) is 22.0. The van der Waals surface area contributed by atoms with Crippen LogP contribution in [0.4, 0.5) is 10.2 Å². The molecule has 0 aliphatic heterocycles. The van der Waals surface area contributed by atoms with Crippen molar-refractivity contribution in [3.63, 3.8) is 0 Å². The van der Waals surface area contributed by atoms with Gasteiger partial charge in [-0.2, -0.15) is 8.42 Å². The molecule has 0 bridgehead atoms. The Hall–Kier alpha value is -3.46. The highest BCUT2D eigenvalue weighted by Gasteiger charge is 2.42. The van der Waals surface area contributed by atoms with Crippen LogP contribution in [0.2, 0.25) is 5.02 Å². The largest absolute Gasteiger partial charge is 0.390 e. The van der Waals surface area contributed by atoms with Gasteiger partial charge in [-0.1, -0.05) is 35.9 Å². The van der Waals surface area contributed by atoms with Gasteiger partial charge < -0.3 is 20.1 Å². The second-order valence-corrected chi connectivity index (χ2v) is 11.2. The van der Waals surface area contributed by atoms with Crippen molar-refractivity contribution in [1.29, 1.82) is 0 Å². The third kappa shape index (κ3) is 5.84. The first-order valence-electron chi connectivity index (χ1n) is 12.2. The van der Waals surface area contributed by atoms with Gasteiger partial charge in [0.1, 0.15) is 24.1 Å². The van der Waals surface area contributed by atoms with E-state index in [1.165, 1.54) is 24.7 Å². The molecule has 1 aliphatic rings. The van der Waals surface area contributed by atoms with Gasteiger partial charge in [0.2, 0.25) is 0 Å². The lowest BCUT2D eigenvalue weighted by atomic mass is 10.0. The Kier molecular flexibility index (Phi) is 7.86. The molecule has 2 heterocycles. The smallest absolute Gasteiger partial charge is 0.333 e. The molecule has 1 aliphatic carbocycles. The number of aromatic nitrogens is 3. The fourth-order valence-corrected chi connectivity index (χ4v) is 5.51. The summed E-state index contributed by atoms with van der Waals surface area (Å²) in [7, 11) is -4.22. The Morgan fingerprint density at radius 1 is 1.20 bits per heavy atom. The number of carbonyl (C=O) groups excluding carboxylic acids is 1. The maximum Gasteiger partial charge on any atom is 0.333 e. The highest BCUT2D eigenvalue weighted by atomic mass is 35.5. The van der Waals surface area contributed by atoms with E-state index in [-0.39, 0.29) is 22.8 Å². The summed E-state index contributed by atoms with van der Waals surface area (Å²) in [5.74, 6) is -1.51. The summed E-state index contributed by atoms with van der Waals surface area (Å²) in [5, 5.41) is 29.5. The number of benzene rings is 2. The number of anilines is 1. The van der Waals surface area contributed by atoms with Crippen molar-refractivity contribution in [2.24, 2.45) is 11.1 Å². The molecule has 210 valence electrons. The van der Waals surface area contributed by atoms with Gasteiger partial charge in [-0.3, -0.25) is 8.98 Å². The van der Waals surface area contributed by atoms with E-state index in [4.69, 9.17) is 16.7 Å². The van der Waals surface area contributed by atoms with Gasteiger partial charge in [-0.25, -0.2) is 19.5 Å². The number of hydrogen-bond acceptors (Lipinski definition) is 9. The van der Waals surface area contributed by atoms with E-state index in [1.54, 1.807) is 24.4 Å². The van der Waals surface area contributed by atoms with Crippen molar-refractivity contribution in [3.05, 3.63) is 88.7 Å². The van der Waals surface area contributed by atoms with Crippen molar-refractivity contribution >= 4 is 44.4 Å². The number of rotatable bonds is 9. The highest BCUT2D eigenvalue weighted by Crippen LogP contribution is 2.32. The van der Waals surface area contributed by atoms with Crippen LogP contribution in [0.25, 0.3) is 10.9 Å². The molecular formula is C26H25ClFN5O6S. The molecule has 2 aromatic carbocycles. The summed E-state index contributed by atoms with van der Waals surface area (Å²) in [6, 6.07) is 11.0. The molecule has 4 aromatic rings. The lowest BCUT2D eigenvalue weighted by molar-refractivity contribution is 0.00778. The molecule has 40 heavy (non-hydrogen) atoms. The molecule has 1 fully saturated rings. The molecular weight excluding hydrogens is 565 g/mol. The van der Waals surface area contributed by atoms with Crippen molar-refractivity contribution in [2.45, 2.75) is 31.2 Å². The second-order valence-electron chi connectivity index (χ2n) is 9.56. The number of nitrogens with one attached hydrogen (secondary N) is 1. The minimum atomic E-state index is -4.22. The summed E-state index contributed by atoms with van der Waals surface area (Å²) in [5.41, 5.74) is 2.00. The quantitative estimate of drug-likeness (QED) is 0.214. The van der Waals surface area contributed by atoms with Crippen LogP contribution in [0.15, 0.2) is 61.2 Å². The molecule has 4 atom stereocenters. The predicted molar refractivity (Wildman–Crippen MR) is 145 cm³/mol. The van der Waals surface area contributed by atoms with Gasteiger partial charge in [0.25, 0.3) is 0 Å². The maximum absolute atomic E-state index is 13.8. The minimum Gasteiger partial charge on any atom is -0.390 e. The van der Waals surface area contributed by atoms with Gasteiger partial charge in [-0.05, 0) is 30.2 Å². The van der Waals surface area contributed by atoms with Crippen LogP contribution in [-0.2, 0) is 21.0 Å². The molecule has 2 aromatic heterocycles. The number of nitrogens with two attached hydrogens (primary N) is 1. The lowest BCUT2D eigenvalue weighted by Gasteiger charge is -2.19. The number of aliphatic hydroxyl groups is 2. The van der Waals surface area contributed by atoms with Crippen molar-refractivity contribution in [2.75, 3.05) is 11.9 Å². The molecule has 0 saturated heterocycles. The zero-order valence-electron chi connectivity index (χ0n) is 20.8. The van der Waals surface area contributed by atoms with Crippen molar-refractivity contribution < 1.29 is 32.0 Å². The Morgan fingerprint density at radius 3 is 2.73 bits per heavy atom. The van der Waals surface area contributed by atoms with E-state index in [0.29, 0.717) is 17.5 Å². The number of halogens is 2. The molecule has 14 heteroatoms. The van der Waals surface area contributed by atoms with E-state index >= 15 is 0 Å². The first kappa shape index (κ1) is 28.1. The Labute approximate surface area is 233 Å². The van der Waals surface area contributed by atoms with E-state index in [9.17, 15) is 27.8 Å². The average molecular weight is 590 g/mol. The van der Waals surface area contributed by atoms with Crippen molar-refractivity contribution in [3.8, 4) is 0 Å². The van der Waals surface area contributed by atoms with Crippen LogP contribution in [0, 0.1) is 11.7 Å². The molecule has 0 radical (unpaired) electrons. The third-order valence-electron chi connectivity index (χ3n) is 6.90. The van der Waals surface area contributed by atoms with Crippen LogP contribution in [0.1, 0.15) is 27.9 Å². The SMILES string of the molecule is NS(=O)(=O)OC[C@H]1C[C@@H](Nc2ncncc2C(=O)c2cn(Cc3ccc(F)c(Cl)c3)c3ccccc23)[C@H](O)[C@@H]1O. The number of aliphatic hydroxyl groups excluding tert-OH is 2. The zero-order valence-corrected chi connectivity index (χ0v) is 22.4. The normalized spacial score (nSPS) is 21.1. The van der Waals surface area contributed by atoms with Crippen molar-refractivity contribution in [1.82, 2.24) is 14.5 Å². The first-order chi connectivity index (χ1) is 19.0. The summed E-state index contributed by atoms with van der Waals surface area (Å²) < 4.78 is 42.4. The van der Waals surface area contributed by atoms with E-state index in [1.807, 2.05) is 16.7 Å². The number of para-hydroxylation sites is 1. The lowest BCUT2D eigenvalue weighted by Crippen LogP contribution is -2.36. The van der Waals surface area contributed by atoms with Crippen LogP contribution >= 0.6 is 11.6 Å². The number of fused-ring (bicyclic) bond motifs is 1. The van der Waals surface area contributed by atoms with Crippen LogP contribution < -0.4 is 10.5 Å². The number of ketones is 1. The fraction of sp³-hybridized carbons (Fsp3) is 0.269. The van der Waals surface area contributed by atoms with Gasteiger partial charge in [0, 0.05) is 41.3 Å². The molecule has 0 unspecified atom stereocenters. The van der Waals surface area contributed by atoms with Crippen LogP contribution in [-0.4, -0.2) is 63.8 Å². The molecule has 5 rings (SSSR count). The first-order valence-corrected chi connectivity index (χ1v) is 14.0. The maximum atomic E-state index is 13.8. The topological polar surface area (TPSA) is 170 Å². The van der Waals surface area contributed by atoms with Crippen LogP contribution in [0.3, 0.4) is 0 Å². The molecule has 5 N–H and O–H groups in total. The van der Waals surface area contributed by atoms with E-state index in [0.717, 1.165) is 11.1 Å². The Morgan fingerprint density at radius 2 is 1.98 bits per heavy atom. The van der Waals surface area contributed by atoms with Gasteiger partial charge in [0.15, 0.2) is 5.78 Å². The minimum absolute atomic E-state index is 0.0000779. The average Bonchev–Trinajstić information content (AvgIpc) is 3.41. The predicted octanol–water partition coefficient (Wildman–Crippen LogP) is 2.25. The van der Waals surface area contributed by atoms with Gasteiger partial charge in [-0.15, -0.1) is 0 Å².